The molecule has 2 aromatic carbocycles. The molecule has 0 aliphatic heterocycles. The van der Waals surface area contributed by atoms with Crippen LogP contribution in [0.4, 0.5) is 5.69 Å². The lowest BCUT2D eigenvalue weighted by Gasteiger charge is -2.10. The zero-order chi connectivity index (χ0) is 15.2. The minimum atomic E-state index is -0.237. The molecule has 0 aliphatic rings. The molecule has 1 N–H and O–H groups in total. The molecule has 1 amide bonds. The third-order valence-electron chi connectivity index (χ3n) is 2.95. The molecule has 21 heavy (non-hydrogen) atoms. The molecular weight excluding hydrogens is 290 g/mol. The minimum absolute atomic E-state index is 0.237. The molecule has 0 atom stereocenters. The van der Waals surface area contributed by atoms with Gasteiger partial charge in [-0.3, -0.25) is 4.79 Å². The number of rotatable bonds is 5. The van der Waals surface area contributed by atoms with Gasteiger partial charge >= 0.3 is 0 Å². The van der Waals surface area contributed by atoms with Crippen LogP contribution in [0.15, 0.2) is 42.5 Å². The molecule has 2 rings (SSSR count). The van der Waals surface area contributed by atoms with Crippen LogP contribution in [0.3, 0.4) is 0 Å². The Labute approximate surface area is 128 Å². The van der Waals surface area contributed by atoms with Crippen LogP contribution < -0.4 is 14.8 Å². The quantitative estimate of drug-likeness (QED) is 0.857. The maximum Gasteiger partial charge on any atom is 0.255 e. The number of hydrogen-bond acceptors (Lipinski definition) is 3. The highest BCUT2D eigenvalue weighted by Gasteiger charge is 2.10. The average molecular weight is 306 g/mol. The van der Waals surface area contributed by atoms with E-state index in [0.717, 1.165) is 5.56 Å². The van der Waals surface area contributed by atoms with Gasteiger partial charge in [-0.2, -0.15) is 0 Å². The molecular formula is C16H16ClNO3. The van der Waals surface area contributed by atoms with Gasteiger partial charge in [0.1, 0.15) is 11.5 Å². The second kappa shape index (κ2) is 6.99. The Kier molecular flexibility index (Phi) is 5.06. The molecule has 0 heterocycles. The monoisotopic (exact) mass is 305 g/mol. The summed E-state index contributed by atoms with van der Waals surface area (Å²) in [6, 6.07) is 12.4. The summed E-state index contributed by atoms with van der Waals surface area (Å²) in [5.74, 6) is 1.29. The molecule has 4 nitrogen and oxygen atoms in total. The van der Waals surface area contributed by atoms with E-state index in [1.165, 1.54) is 0 Å². The number of hydrogen-bond donors (Lipinski definition) is 1. The van der Waals surface area contributed by atoms with E-state index in [-0.39, 0.29) is 5.91 Å². The van der Waals surface area contributed by atoms with E-state index in [1.807, 2.05) is 24.3 Å². The third kappa shape index (κ3) is 3.89. The predicted octanol–water partition coefficient (Wildman–Crippen LogP) is 3.69. The van der Waals surface area contributed by atoms with Crippen LogP contribution in [-0.2, 0) is 5.88 Å². The van der Waals surface area contributed by atoms with Crippen molar-refractivity contribution in [2.45, 2.75) is 5.88 Å². The van der Waals surface area contributed by atoms with Crippen molar-refractivity contribution in [1.82, 2.24) is 0 Å². The van der Waals surface area contributed by atoms with Gasteiger partial charge in [-0.1, -0.05) is 12.1 Å². The molecule has 0 radical (unpaired) electrons. The molecule has 0 aromatic heterocycles. The molecule has 5 heteroatoms. The maximum absolute atomic E-state index is 12.3. The number of amides is 1. The number of benzene rings is 2. The van der Waals surface area contributed by atoms with Gasteiger partial charge in [0.2, 0.25) is 0 Å². The number of methoxy groups -OCH3 is 2. The Bertz CT molecular complexity index is 621. The normalized spacial score (nSPS) is 10.0. The lowest BCUT2D eigenvalue weighted by molar-refractivity contribution is 0.102. The molecule has 110 valence electrons. The number of anilines is 1. The fourth-order valence-electron chi connectivity index (χ4n) is 1.87. The summed E-state index contributed by atoms with van der Waals surface area (Å²) in [5, 5.41) is 2.83. The van der Waals surface area contributed by atoms with Gasteiger partial charge in [0, 0.05) is 23.2 Å². The van der Waals surface area contributed by atoms with E-state index in [1.54, 1.807) is 32.4 Å². The minimum Gasteiger partial charge on any atom is -0.497 e. The topological polar surface area (TPSA) is 47.6 Å². The van der Waals surface area contributed by atoms with Gasteiger partial charge in [0.25, 0.3) is 5.91 Å². The largest absolute Gasteiger partial charge is 0.497 e. The Morgan fingerprint density at radius 3 is 2.33 bits per heavy atom. The Morgan fingerprint density at radius 1 is 1.10 bits per heavy atom. The zero-order valence-electron chi connectivity index (χ0n) is 11.9. The van der Waals surface area contributed by atoms with Crippen molar-refractivity contribution in [3.05, 3.63) is 53.6 Å². The molecule has 2 aromatic rings. The SMILES string of the molecule is COc1cc(OC)cc(C(=O)Nc2cccc(CCl)c2)c1. The average Bonchev–Trinajstić information content (AvgIpc) is 2.54. The number of halogens is 1. The van der Waals surface area contributed by atoms with Crippen molar-refractivity contribution >= 4 is 23.2 Å². The first-order valence-electron chi connectivity index (χ1n) is 6.35. The molecule has 0 unspecified atom stereocenters. The van der Waals surface area contributed by atoms with Crippen LogP contribution in [-0.4, -0.2) is 20.1 Å². The van der Waals surface area contributed by atoms with Gasteiger partial charge in [0.05, 0.1) is 14.2 Å². The van der Waals surface area contributed by atoms with Gasteiger partial charge in [0.15, 0.2) is 0 Å². The number of carbonyl (C=O) groups is 1. The molecule has 0 bridgehead atoms. The Morgan fingerprint density at radius 2 is 1.76 bits per heavy atom. The highest BCUT2D eigenvalue weighted by Crippen LogP contribution is 2.23. The summed E-state index contributed by atoms with van der Waals surface area (Å²) < 4.78 is 10.3. The van der Waals surface area contributed by atoms with Crippen LogP contribution in [0.2, 0.25) is 0 Å². The van der Waals surface area contributed by atoms with E-state index in [4.69, 9.17) is 21.1 Å². The summed E-state index contributed by atoms with van der Waals surface area (Å²) in [4.78, 5) is 12.3. The van der Waals surface area contributed by atoms with Gasteiger partial charge in [-0.25, -0.2) is 0 Å². The van der Waals surface area contributed by atoms with E-state index >= 15 is 0 Å². The fourth-order valence-corrected chi connectivity index (χ4v) is 2.04. The highest BCUT2D eigenvalue weighted by molar-refractivity contribution is 6.17. The van der Waals surface area contributed by atoms with Crippen LogP contribution in [0, 0.1) is 0 Å². The van der Waals surface area contributed by atoms with Gasteiger partial charge in [-0.15, -0.1) is 11.6 Å². The molecule has 0 spiro atoms. The second-order valence-electron chi connectivity index (χ2n) is 4.39. The molecule has 0 aliphatic carbocycles. The summed E-state index contributed by atoms with van der Waals surface area (Å²) >= 11 is 5.79. The predicted molar refractivity (Wildman–Crippen MR) is 83.5 cm³/mol. The van der Waals surface area contributed by atoms with Gasteiger partial charge in [-0.05, 0) is 29.8 Å². The lowest BCUT2D eigenvalue weighted by atomic mass is 10.1. The van der Waals surface area contributed by atoms with Crippen molar-refractivity contribution in [3.63, 3.8) is 0 Å². The van der Waals surface area contributed by atoms with Crippen molar-refractivity contribution in [3.8, 4) is 11.5 Å². The summed E-state index contributed by atoms with van der Waals surface area (Å²) in [5.41, 5.74) is 2.10. The van der Waals surface area contributed by atoms with Crippen LogP contribution in [0.25, 0.3) is 0 Å². The van der Waals surface area contributed by atoms with Crippen LogP contribution in [0.1, 0.15) is 15.9 Å². The molecule has 0 saturated carbocycles. The smallest absolute Gasteiger partial charge is 0.255 e. The van der Waals surface area contributed by atoms with Crippen LogP contribution in [0.5, 0.6) is 11.5 Å². The van der Waals surface area contributed by atoms with Crippen molar-refractivity contribution in [2.75, 3.05) is 19.5 Å². The first kappa shape index (κ1) is 15.2. The summed E-state index contributed by atoms with van der Waals surface area (Å²) in [6.07, 6.45) is 0. The molecule has 0 saturated heterocycles. The Balaban J connectivity index is 2.23. The van der Waals surface area contributed by atoms with E-state index < -0.39 is 0 Å². The van der Waals surface area contributed by atoms with E-state index in [0.29, 0.717) is 28.6 Å². The van der Waals surface area contributed by atoms with Crippen molar-refractivity contribution in [2.24, 2.45) is 0 Å². The lowest BCUT2D eigenvalue weighted by Crippen LogP contribution is -2.12. The Hall–Kier alpha value is -2.20. The fraction of sp³-hybridized carbons (Fsp3) is 0.188. The number of ether oxygens (including phenoxy) is 2. The van der Waals surface area contributed by atoms with Crippen molar-refractivity contribution in [1.29, 1.82) is 0 Å². The summed E-state index contributed by atoms with van der Waals surface area (Å²) in [7, 11) is 3.08. The highest BCUT2D eigenvalue weighted by atomic mass is 35.5. The maximum atomic E-state index is 12.3. The number of carbonyl (C=O) groups excluding carboxylic acids is 1. The number of nitrogens with one attached hydrogen (secondary N) is 1. The van der Waals surface area contributed by atoms with Crippen molar-refractivity contribution < 1.29 is 14.3 Å². The van der Waals surface area contributed by atoms with Crippen LogP contribution >= 0.6 is 11.6 Å². The summed E-state index contributed by atoms with van der Waals surface area (Å²) in [6.45, 7) is 0. The first-order valence-corrected chi connectivity index (χ1v) is 6.89. The zero-order valence-corrected chi connectivity index (χ0v) is 12.6. The number of alkyl halides is 1. The van der Waals surface area contributed by atoms with E-state index in [9.17, 15) is 4.79 Å². The second-order valence-corrected chi connectivity index (χ2v) is 4.66. The third-order valence-corrected chi connectivity index (χ3v) is 3.26. The standard InChI is InChI=1S/C16H16ClNO3/c1-20-14-7-12(8-15(9-14)21-2)16(19)18-13-5-3-4-11(6-13)10-17/h3-9H,10H2,1-2H3,(H,18,19). The first-order chi connectivity index (χ1) is 10.2. The van der Waals surface area contributed by atoms with Gasteiger partial charge < -0.3 is 14.8 Å². The molecule has 0 fully saturated rings. The van der Waals surface area contributed by atoms with E-state index in [2.05, 4.69) is 5.32 Å².